The average Bonchev–Trinajstić information content (AvgIpc) is 2.68. The van der Waals surface area contributed by atoms with Crippen LogP contribution in [0.2, 0.25) is 0 Å². The van der Waals surface area contributed by atoms with Crippen molar-refractivity contribution in [2.75, 3.05) is 43.0 Å². The second-order valence-corrected chi connectivity index (χ2v) is 6.62. The monoisotopic (exact) mass is 383 g/mol. The molecule has 0 atom stereocenters. The molecule has 0 saturated carbocycles. The van der Waals surface area contributed by atoms with E-state index in [9.17, 15) is 9.59 Å². The number of carbonyl (C=O) groups excluding carboxylic acids is 2. The number of anilines is 3. The number of rotatable bonds is 5. The van der Waals surface area contributed by atoms with Gasteiger partial charge >= 0.3 is 6.09 Å². The first-order chi connectivity index (χ1) is 13.5. The van der Waals surface area contributed by atoms with Gasteiger partial charge in [0.05, 0.1) is 6.61 Å². The minimum atomic E-state index is -0.266. The molecule has 0 unspecified atom stereocenters. The number of hydrogen-bond donors (Lipinski definition) is 1. The molecule has 1 aromatic heterocycles. The summed E-state index contributed by atoms with van der Waals surface area (Å²) in [7, 11) is 0. The molecule has 0 spiro atoms. The summed E-state index contributed by atoms with van der Waals surface area (Å²) in [4.78, 5) is 36.2. The van der Waals surface area contributed by atoms with Gasteiger partial charge in [-0.2, -0.15) is 4.98 Å². The maximum absolute atomic E-state index is 11.8. The van der Waals surface area contributed by atoms with Gasteiger partial charge in [-0.1, -0.05) is 0 Å². The Bertz CT molecular complexity index is 845. The molecule has 8 heteroatoms. The number of ether oxygens (including phenoxy) is 1. The van der Waals surface area contributed by atoms with E-state index in [0.717, 1.165) is 17.2 Å². The third kappa shape index (κ3) is 4.76. The highest BCUT2D eigenvalue weighted by molar-refractivity contribution is 5.94. The molecule has 1 aliphatic rings. The predicted molar refractivity (Wildman–Crippen MR) is 107 cm³/mol. The molecule has 0 bridgehead atoms. The van der Waals surface area contributed by atoms with E-state index in [1.165, 1.54) is 0 Å². The fourth-order valence-corrected chi connectivity index (χ4v) is 3.02. The van der Waals surface area contributed by atoms with Gasteiger partial charge in [-0.25, -0.2) is 9.78 Å². The first-order valence-corrected chi connectivity index (χ1v) is 9.36. The van der Waals surface area contributed by atoms with Crippen LogP contribution in [0.25, 0.3) is 0 Å². The summed E-state index contributed by atoms with van der Waals surface area (Å²) < 4.78 is 5.06. The van der Waals surface area contributed by atoms with Crippen LogP contribution in [0.5, 0.6) is 0 Å². The molecule has 2 heterocycles. The van der Waals surface area contributed by atoms with Crippen LogP contribution in [0.4, 0.5) is 22.2 Å². The minimum Gasteiger partial charge on any atom is -0.450 e. The van der Waals surface area contributed by atoms with E-state index >= 15 is 0 Å². The van der Waals surface area contributed by atoms with Crippen LogP contribution in [0.15, 0.2) is 30.3 Å². The number of amides is 1. The van der Waals surface area contributed by atoms with E-state index in [-0.39, 0.29) is 11.9 Å². The van der Waals surface area contributed by atoms with Crippen LogP contribution in [-0.4, -0.2) is 59.5 Å². The molecule has 8 nitrogen and oxygen atoms in total. The van der Waals surface area contributed by atoms with Crippen LogP contribution < -0.4 is 10.2 Å². The van der Waals surface area contributed by atoms with Crippen molar-refractivity contribution in [1.29, 1.82) is 0 Å². The number of nitrogens with one attached hydrogen (secondary N) is 1. The van der Waals surface area contributed by atoms with Crippen LogP contribution in [0.1, 0.15) is 29.9 Å². The summed E-state index contributed by atoms with van der Waals surface area (Å²) >= 11 is 0. The van der Waals surface area contributed by atoms with Gasteiger partial charge in [0, 0.05) is 49.2 Å². The first-order valence-electron chi connectivity index (χ1n) is 9.36. The van der Waals surface area contributed by atoms with Gasteiger partial charge in [0.25, 0.3) is 0 Å². The quantitative estimate of drug-likeness (QED) is 0.794. The van der Waals surface area contributed by atoms with Crippen LogP contribution in [0, 0.1) is 6.92 Å². The van der Waals surface area contributed by atoms with Gasteiger partial charge in [-0.3, -0.25) is 4.79 Å². The fraction of sp³-hybridized carbons (Fsp3) is 0.400. The number of carbonyl (C=O) groups is 2. The van der Waals surface area contributed by atoms with Crippen molar-refractivity contribution in [2.24, 2.45) is 0 Å². The van der Waals surface area contributed by atoms with Crippen LogP contribution in [0.3, 0.4) is 0 Å². The summed E-state index contributed by atoms with van der Waals surface area (Å²) in [6.07, 6.45) is -0.266. The van der Waals surface area contributed by atoms with Gasteiger partial charge in [-0.05, 0) is 45.0 Å². The minimum absolute atomic E-state index is 0.0302. The number of aromatic nitrogens is 2. The van der Waals surface area contributed by atoms with Gasteiger partial charge in [-0.15, -0.1) is 0 Å². The summed E-state index contributed by atoms with van der Waals surface area (Å²) in [6.45, 7) is 8.20. The number of piperazine rings is 1. The van der Waals surface area contributed by atoms with Gasteiger partial charge in [0.1, 0.15) is 5.82 Å². The highest BCUT2D eigenvalue weighted by Gasteiger charge is 2.23. The SMILES string of the molecule is CCOC(=O)N1CCN(c2cc(C)nc(Nc3ccc(C(C)=O)cc3)n2)CC1. The van der Waals surface area contributed by atoms with E-state index in [0.29, 0.717) is 44.3 Å². The summed E-state index contributed by atoms with van der Waals surface area (Å²) in [5.41, 5.74) is 2.32. The third-order valence-corrected chi connectivity index (χ3v) is 4.52. The van der Waals surface area contributed by atoms with Crippen molar-refractivity contribution in [1.82, 2.24) is 14.9 Å². The molecule has 148 valence electrons. The molecule has 1 fully saturated rings. The Balaban J connectivity index is 1.68. The summed E-state index contributed by atoms with van der Waals surface area (Å²) in [5, 5.41) is 3.19. The van der Waals surface area contributed by atoms with Crippen molar-refractivity contribution in [3.63, 3.8) is 0 Å². The van der Waals surface area contributed by atoms with Crippen molar-refractivity contribution in [3.05, 3.63) is 41.6 Å². The van der Waals surface area contributed by atoms with Crippen molar-refractivity contribution in [2.45, 2.75) is 20.8 Å². The Kier molecular flexibility index (Phi) is 6.08. The molecule has 1 N–H and O–H groups in total. The number of aryl methyl sites for hydroxylation is 1. The second kappa shape index (κ2) is 8.69. The molecular weight excluding hydrogens is 358 g/mol. The molecule has 1 aromatic carbocycles. The summed E-state index contributed by atoms with van der Waals surface area (Å²) in [6, 6.07) is 9.15. The van der Waals surface area contributed by atoms with Crippen LogP contribution >= 0.6 is 0 Å². The Morgan fingerprint density at radius 1 is 1.11 bits per heavy atom. The number of nitrogens with zero attached hydrogens (tertiary/aromatic N) is 4. The second-order valence-electron chi connectivity index (χ2n) is 6.62. The van der Waals surface area contributed by atoms with Crippen molar-refractivity contribution < 1.29 is 14.3 Å². The lowest BCUT2D eigenvalue weighted by Gasteiger charge is -2.34. The zero-order valence-corrected chi connectivity index (χ0v) is 16.4. The maximum atomic E-state index is 11.8. The molecule has 1 saturated heterocycles. The third-order valence-electron chi connectivity index (χ3n) is 4.52. The molecular formula is C20H25N5O3. The Morgan fingerprint density at radius 3 is 2.39 bits per heavy atom. The highest BCUT2D eigenvalue weighted by atomic mass is 16.6. The lowest BCUT2D eigenvalue weighted by Crippen LogP contribution is -2.49. The smallest absolute Gasteiger partial charge is 0.409 e. The highest BCUT2D eigenvalue weighted by Crippen LogP contribution is 2.20. The molecule has 1 aliphatic heterocycles. The standard InChI is InChI=1S/C20H25N5O3/c1-4-28-20(27)25-11-9-24(10-12-25)18-13-14(2)21-19(23-18)22-17-7-5-16(6-8-17)15(3)26/h5-8,13H,4,9-12H2,1-3H3,(H,21,22,23). The zero-order chi connectivity index (χ0) is 20.1. The van der Waals surface area contributed by atoms with E-state index < -0.39 is 0 Å². The lowest BCUT2D eigenvalue weighted by atomic mass is 10.1. The number of benzene rings is 1. The predicted octanol–water partition coefficient (Wildman–Crippen LogP) is 3.01. The first kappa shape index (κ1) is 19.6. The Hall–Kier alpha value is -3.16. The van der Waals surface area contributed by atoms with E-state index in [1.54, 1.807) is 30.9 Å². The van der Waals surface area contributed by atoms with Gasteiger partial charge in [0.15, 0.2) is 5.78 Å². The molecule has 2 aromatic rings. The molecule has 28 heavy (non-hydrogen) atoms. The van der Waals surface area contributed by atoms with Gasteiger partial charge < -0.3 is 19.9 Å². The van der Waals surface area contributed by atoms with E-state index in [1.807, 2.05) is 25.1 Å². The fourth-order valence-electron chi connectivity index (χ4n) is 3.02. The largest absolute Gasteiger partial charge is 0.450 e. The van der Waals surface area contributed by atoms with Gasteiger partial charge in [0.2, 0.25) is 5.95 Å². The van der Waals surface area contributed by atoms with Crippen molar-refractivity contribution >= 4 is 29.3 Å². The molecule has 3 rings (SSSR count). The number of ketones is 1. The van der Waals surface area contributed by atoms with Crippen LogP contribution in [-0.2, 0) is 4.74 Å². The Morgan fingerprint density at radius 2 is 1.79 bits per heavy atom. The number of Topliss-reactive ketones (excluding diaryl/α,β-unsaturated/α-hetero) is 1. The topological polar surface area (TPSA) is 87.7 Å². The lowest BCUT2D eigenvalue weighted by molar-refractivity contribution is 0.101. The summed E-state index contributed by atoms with van der Waals surface area (Å²) in [5.74, 6) is 1.35. The maximum Gasteiger partial charge on any atom is 0.409 e. The normalized spacial score (nSPS) is 14.0. The number of hydrogen-bond acceptors (Lipinski definition) is 7. The Labute approximate surface area is 164 Å². The van der Waals surface area contributed by atoms with E-state index in [2.05, 4.69) is 20.2 Å². The molecule has 0 aliphatic carbocycles. The molecule has 0 radical (unpaired) electrons. The average molecular weight is 383 g/mol. The molecule has 1 amide bonds. The van der Waals surface area contributed by atoms with Crippen molar-refractivity contribution in [3.8, 4) is 0 Å². The zero-order valence-electron chi connectivity index (χ0n) is 16.4. The van der Waals surface area contributed by atoms with E-state index in [4.69, 9.17) is 4.74 Å².